The van der Waals surface area contributed by atoms with Gasteiger partial charge in [-0.25, -0.2) is 0 Å². The number of hydrogen-bond acceptors (Lipinski definition) is 0. The molecule has 0 unspecified atom stereocenters. The molecule has 2 N–H and O–H groups in total. The molecule has 0 fully saturated rings. The SMILES string of the molecule is O.[Cl-].[Cl-].[Cl-].[Rh+3]. The molecule has 0 saturated carbocycles. The molecule has 0 rings (SSSR count). The first-order chi connectivity index (χ1) is 0. The molecule has 0 heterocycles. The van der Waals surface area contributed by atoms with Crippen LogP contribution in [-0.4, -0.2) is 5.48 Å². The molecule has 0 aliphatic rings. The molecule has 0 amide bonds. The molecule has 0 aromatic rings. The molecule has 0 aromatic carbocycles. The van der Waals surface area contributed by atoms with Crippen LogP contribution in [0.1, 0.15) is 0 Å². The quantitative estimate of drug-likeness (QED) is 0.368. The predicted molar refractivity (Wildman–Crippen MR) is 3.61 cm³/mol. The summed E-state index contributed by atoms with van der Waals surface area (Å²) in [7, 11) is 0. The standard InChI is InChI=1S/3ClH.H2O.Rh/h3*1H;1H2;/q;;;;+3/p-3. The summed E-state index contributed by atoms with van der Waals surface area (Å²) in [6, 6.07) is 0. The molecule has 1 nitrogen and oxygen atoms in total. The Balaban J connectivity index is 0. The minimum Gasteiger partial charge on any atom is -1.00 e. The van der Waals surface area contributed by atoms with Gasteiger partial charge < -0.3 is 42.7 Å². The van der Waals surface area contributed by atoms with E-state index in [1.54, 1.807) is 0 Å². The van der Waals surface area contributed by atoms with E-state index in [4.69, 9.17) is 0 Å². The third kappa shape index (κ3) is 30.8. The van der Waals surface area contributed by atoms with Crippen molar-refractivity contribution in [2.75, 3.05) is 0 Å². The van der Waals surface area contributed by atoms with Crippen LogP contribution >= 0.6 is 0 Å². The van der Waals surface area contributed by atoms with Crippen LogP contribution in [0.4, 0.5) is 0 Å². The van der Waals surface area contributed by atoms with E-state index < -0.39 is 0 Å². The van der Waals surface area contributed by atoms with Crippen molar-refractivity contribution >= 4 is 0 Å². The normalized spacial score (nSPS) is 0. The zero-order valence-corrected chi connectivity index (χ0v) is 5.87. The van der Waals surface area contributed by atoms with Crippen molar-refractivity contribution in [1.29, 1.82) is 0 Å². The molecule has 0 saturated heterocycles. The molecular weight excluding hydrogens is 225 g/mol. The van der Waals surface area contributed by atoms with Gasteiger partial charge in [-0.15, -0.1) is 0 Å². The van der Waals surface area contributed by atoms with E-state index in [2.05, 4.69) is 0 Å². The van der Waals surface area contributed by atoms with Gasteiger partial charge in [0.05, 0.1) is 0 Å². The Morgan fingerprint density at radius 2 is 0.600 bits per heavy atom. The number of halogens is 3. The van der Waals surface area contributed by atoms with Gasteiger partial charge in [-0.05, 0) is 0 Å². The molecule has 0 aromatic heterocycles. The summed E-state index contributed by atoms with van der Waals surface area (Å²) in [6.45, 7) is 0. The third-order valence-corrected chi connectivity index (χ3v) is 0. The molecule has 0 aliphatic heterocycles. The van der Waals surface area contributed by atoms with Crippen LogP contribution in [0.25, 0.3) is 0 Å². The summed E-state index contributed by atoms with van der Waals surface area (Å²) in [6.07, 6.45) is 0. The van der Waals surface area contributed by atoms with Crippen LogP contribution in [0.5, 0.6) is 0 Å². The Kier molecular flexibility index (Phi) is 930. The van der Waals surface area contributed by atoms with Gasteiger partial charge in [0.1, 0.15) is 0 Å². The van der Waals surface area contributed by atoms with E-state index in [9.17, 15) is 0 Å². The summed E-state index contributed by atoms with van der Waals surface area (Å²) in [4.78, 5) is 0. The van der Waals surface area contributed by atoms with Crippen molar-refractivity contribution in [3.8, 4) is 0 Å². The van der Waals surface area contributed by atoms with E-state index in [1.165, 1.54) is 0 Å². The van der Waals surface area contributed by atoms with Gasteiger partial charge in [-0.2, -0.15) is 0 Å². The van der Waals surface area contributed by atoms with Crippen LogP contribution in [0.3, 0.4) is 0 Å². The van der Waals surface area contributed by atoms with E-state index >= 15 is 0 Å². The zero-order valence-electron chi connectivity index (χ0n) is 1.97. The smallest absolute Gasteiger partial charge is 1.00 e. The largest absolute Gasteiger partial charge is 3.00 e. The summed E-state index contributed by atoms with van der Waals surface area (Å²) >= 11 is 0. The van der Waals surface area contributed by atoms with Gasteiger partial charge in [0.2, 0.25) is 0 Å². The molecular formula is H2Cl3ORh. The Morgan fingerprint density at radius 3 is 0.600 bits per heavy atom. The molecule has 0 aliphatic carbocycles. The maximum absolute atomic E-state index is 0. The summed E-state index contributed by atoms with van der Waals surface area (Å²) in [5.41, 5.74) is 0. The minimum absolute atomic E-state index is 0. The second-order valence-corrected chi connectivity index (χ2v) is 0. The fraction of sp³-hybridized carbons (Fsp3) is 0. The van der Waals surface area contributed by atoms with E-state index in [0.29, 0.717) is 0 Å². The van der Waals surface area contributed by atoms with Crippen molar-refractivity contribution in [2.45, 2.75) is 0 Å². The van der Waals surface area contributed by atoms with Gasteiger partial charge in [-0.1, -0.05) is 0 Å². The number of hydrogen-bond donors (Lipinski definition) is 0. The molecule has 0 spiro atoms. The number of rotatable bonds is 0. The van der Waals surface area contributed by atoms with Crippen molar-refractivity contribution in [3.63, 3.8) is 0 Å². The Bertz CT molecular complexity index is 6.85. The Hall–Kier alpha value is 1.45. The first-order valence-corrected chi connectivity index (χ1v) is 0. The van der Waals surface area contributed by atoms with Crippen molar-refractivity contribution in [3.05, 3.63) is 0 Å². The molecule has 5 heavy (non-hydrogen) atoms. The van der Waals surface area contributed by atoms with Crippen LogP contribution in [0.15, 0.2) is 0 Å². The van der Waals surface area contributed by atoms with Crippen LogP contribution in [0, 0.1) is 0 Å². The first-order valence-electron chi connectivity index (χ1n) is 0. The monoisotopic (exact) mass is 226 g/mol. The summed E-state index contributed by atoms with van der Waals surface area (Å²) in [5, 5.41) is 0. The first kappa shape index (κ1) is 90.9. The van der Waals surface area contributed by atoms with Gasteiger partial charge in [0.15, 0.2) is 0 Å². The molecule has 0 atom stereocenters. The molecule has 5 heteroatoms. The summed E-state index contributed by atoms with van der Waals surface area (Å²) < 4.78 is 0. The van der Waals surface area contributed by atoms with E-state index in [1.807, 2.05) is 0 Å². The van der Waals surface area contributed by atoms with E-state index in [0.717, 1.165) is 0 Å². The Labute approximate surface area is 62.2 Å². The second kappa shape index (κ2) is 51.2. The molecule has 0 radical (unpaired) electrons. The van der Waals surface area contributed by atoms with Crippen molar-refractivity contribution in [2.24, 2.45) is 0 Å². The van der Waals surface area contributed by atoms with Crippen LogP contribution in [-0.2, 0) is 19.5 Å². The predicted octanol–water partition coefficient (Wildman–Crippen LogP) is -9.82. The third-order valence-electron chi connectivity index (χ3n) is 0. The van der Waals surface area contributed by atoms with Gasteiger partial charge in [-0.3, -0.25) is 0 Å². The average molecular weight is 227 g/mol. The van der Waals surface area contributed by atoms with E-state index in [-0.39, 0.29) is 62.2 Å². The van der Waals surface area contributed by atoms with Gasteiger partial charge in [0.25, 0.3) is 0 Å². The van der Waals surface area contributed by atoms with Crippen LogP contribution < -0.4 is 37.2 Å². The fourth-order valence-electron chi connectivity index (χ4n) is 0. The van der Waals surface area contributed by atoms with Crippen LogP contribution in [0.2, 0.25) is 0 Å². The van der Waals surface area contributed by atoms with Crippen molar-refractivity contribution in [1.82, 2.24) is 0 Å². The van der Waals surface area contributed by atoms with Gasteiger partial charge in [0, 0.05) is 0 Å². The fourth-order valence-corrected chi connectivity index (χ4v) is 0. The second-order valence-electron chi connectivity index (χ2n) is 0. The Morgan fingerprint density at radius 1 is 0.600 bits per heavy atom. The maximum Gasteiger partial charge on any atom is 3.00 e. The summed E-state index contributed by atoms with van der Waals surface area (Å²) in [5.74, 6) is 0. The average Bonchev–Trinajstić information content (AvgIpc) is 0. The molecule has 0 bridgehead atoms. The zero-order chi connectivity index (χ0) is 0. The minimum atomic E-state index is 0. The molecule has 38 valence electrons. The topological polar surface area (TPSA) is 31.5 Å². The maximum atomic E-state index is 0. The van der Waals surface area contributed by atoms with Crippen molar-refractivity contribution < 1.29 is 62.2 Å². The van der Waals surface area contributed by atoms with Gasteiger partial charge >= 0.3 is 19.5 Å².